The Hall–Kier alpha value is -3.64. The fourth-order valence-electron chi connectivity index (χ4n) is 4.08. The molecule has 1 aliphatic rings. The topological polar surface area (TPSA) is 50.5 Å². The fourth-order valence-corrected chi connectivity index (χ4v) is 4.39. The molecule has 0 amide bonds. The van der Waals surface area contributed by atoms with E-state index in [1.54, 1.807) is 13.3 Å². The van der Waals surface area contributed by atoms with Gasteiger partial charge in [0.2, 0.25) is 0 Å². The number of hydrogen-bond acceptors (Lipinski definition) is 4. The molecular weight excluding hydrogens is 418 g/mol. The maximum Gasteiger partial charge on any atom is 0.170 e. The summed E-state index contributed by atoms with van der Waals surface area (Å²) in [5, 5.41) is 4.15. The van der Waals surface area contributed by atoms with Gasteiger partial charge in [-0.25, -0.2) is 0 Å². The number of nitrogens with one attached hydrogen (secondary N) is 1. The molecule has 2 aromatic carbocycles. The highest BCUT2D eigenvalue weighted by Crippen LogP contribution is 2.41. The van der Waals surface area contributed by atoms with Crippen molar-refractivity contribution in [3.8, 4) is 17.1 Å². The summed E-state index contributed by atoms with van der Waals surface area (Å²) in [6, 6.07) is 27.9. The van der Waals surface area contributed by atoms with Crippen LogP contribution < -0.4 is 10.1 Å². The second-order valence-electron chi connectivity index (χ2n) is 7.67. The molecule has 5 rings (SSSR count). The number of hydrogen-bond donors (Lipinski definition) is 1. The van der Waals surface area contributed by atoms with Crippen LogP contribution in [-0.2, 0) is 6.54 Å². The monoisotopic (exact) mass is 441 g/mol. The van der Waals surface area contributed by atoms with E-state index in [1.165, 1.54) is 0 Å². The van der Waals surface area contributed by atoms with Crippen molar-refractivity contribution in [3.05, 3.63) is 108 Å². The predicted molar refractivity (Wildman–Crippen MR) is 128 cm³/mol. The molecule has 0 aliphatic carbocycles. The molecule has 3 heterocycles. The lowest BCUT2D eigenvalue weighted by Crippen LogP contribution is -2.29. The smallest absolute Gasteiger partial charge is 0.170 e. The molecule has 0 radical (unpaired) electrons. The Kier molecular flexibility index (Phi) is 5.60. The Morgan fingerprint density at radius 3 is 2.47 bits per heavy atom. The Balaban J connectivity index is 1.51. The summed E-state index contributed by atoms with van der Waals surface area (Å²) in [5.41, 5.74) is 3.11. The van der Waals surface area contributed by atoms with Crippen molar-refractivity contribution in [1.29, 1.82) is 0 Å². The third kappa shape index (κ3) is 3.97. The number of ether oxygens (including phenoxy) is 1. The number of aromatic nitrogens is 1. The Labute approximate surface area is 192 Å². The molecule has 1 saturated heterocycles. The van der Waals surface area contributed by atoms with Crippen LogP contribution in [0.15, 0.2) is 95.5 Å². The van der Waals surface area contributed by atoms with E-state index in [4.69, 9.17) is 21.4 Å². The SMILES string of the molecule is COc1ccc(CN2C(=S)NC(c3ccccn3)C2c2ccc(-c3ccccc3)o2)cc1. The summed E-state index contributed by atoms with van der Waals surface area (Å²) < 4.78 is 11.7. The number of nitrogens with zero attached hydrogens (tertiary/aromatic N) is 2. The lowest BCUT2D eigenvalue weighted by atomic mass is 10.0. The first kappa shape index (κ1) is 20.3. The number of methoxy groups -OCH3 is 1. The van der Waals surface area contributed by atoms with Gasteiger partial charge in [-0.1, -0.05) is 48.5 Å². The van der Waals surface area contributed by atoms with Crippen molar-refractivity contribution in [1.82, 2.24) is 15.2 Å². The predicted octanol–water partition coefficient (Wildman–Crippen LogP) is 5.52. The van der Waals surface area contributed by atoms with Crippen molar-refractivity contribution < 1.29 is 9.15 Å². The van der Waals surface area contributed by atoms with E-state index in [9.17, 15) is 0 Å². The van der Waals surface area contributed by atoms with Gasteiger partial charge in [-0.3, -0.25) is 4.98 Å². The summed E-state index contributed by atoms with van der Waals surface area (Å²) in [5.74, 6) is 2.51. The molecule has 6 heteroatoms. The highest BCUT2D eigenvalue weighted by atomic mass is 32.1. The first-order valence-electron chi connectivity index (χ1n) is 10.5. The highest BCUT2D eigenvalue weighted by molar-refractivity contribution is 7.80. The van der Waals surface area contributed by atoms with Crippen LogP contribution in [0.1, 0.15) is 29.1 Å². The van der Waals surface area contributed by atoms with Gasteiger partial charge in [-0.2, -0.15) is 0 Å². The number of thiocarbonyl (C=S) groups is 1. The van der Waals surface area contributed by atoms with Crippen LogP contribution in [0.3, 0.4) is 0 Å². The molecule has 5 nitrogen and oxygen atoms in total. The van der Waals surface area contributed by atoms with Crippen molar-refractivity contribution in [2.45, 2.75) is 18.6 Å². The maximum atomic E-state index is 6.37. The normalized spacial score (nSPS) is 17.9. The lowest BCUT2D eigenvalue weighted by Gasteiger charge is -2.26. The molecule has 160 valence electrons. The quantitative estimate of drug-likeness (QED) is 0.398. The Morgan fingerprint density at radius 1 is 0.969 bits per heavy atom. The summed E-state index contributed by atoms with van der Waals surface area (Å²) in [4.78, 5) is 6.76. The van der Waals surface area contributed by atoms with Gasteiger partial charge < -0.3 is 19.4 Å². The lowest BCUT2D eigenvalue weighted by molar-refractivity contribution is 0.269. The van der Waals surface area contributed by atoms with Gasteiger partial charge in [0.25, 0.3) is 0 Å². The second-order valence-corrected chi connectivity index (χ2v) is 8.06. The molecule has 0 bridgehead atoms. The van der Waals surface area contributed by atoms with Crippen LogP contribution in [0.4, 0.5) is 0 Å². The van der Waals surface area contributed by atoms with Crippen LogP contribution in [-0.4, -0.2) is 22.1 Å². The van der Waals surface area contributed by atoms with E-state index < -0.39 is 0 Å². The number of pyridine rings is 1. The Morgan fingerprint density at radius 2 is 1.75 bits per heavy atom. The van der Waals surface area contributed by atoms with Crippen LogP contribution in [0, 0.1) is 0 Å². The summed E-state index contributed by atoms with van der Waals surface area (Å²) in [6.07, 6.45) is 1.81. The van der Waals surface area contributed by atoms with Gasteiger partial charge in [0.15, 0.2) is 5.11 Å². The van der Waals surface area contributed by atoms with E-state index in [2.05, 4.69) is 27.3 Å². The third-order valence-corrected chi connectivity index (χ3v) is 6.04. The fraction of sp³-hybridized carbons (Fsp3) is 0.154. The number of rotatable bonds is 6. The summed E-state index contributed by atoms with van der Waals surface area (Å²) in [6.45, 7) is 0.644. The van der Waals surface area contributed by atoms with E-state index in [0.29, 0.717) is 11.7 Å². The minimum Gasteiger partial charge on any atom is -0.497 e. The zero-order valence-corrected chi connectivity index (χ0v) is 18.5. The number of furan rings is 1. The zero-order chi connectivity index (χ0) is 21.9. The van der Waals surface area contributed by atoms with E-state index >= 15 is 0 Å². The van der Waals surface area contributed by atoms with Gasteiger partial charge in [0.1, 0.15) is 23.3 Å². The minimum atomic E-state index is -0.128. The van der Waals surface area contributed by atoms with E-state index in [1.807, 2.05) is 72.8 Å². The molecule has 2 aromatic heterocycles. The number of benzene rings is 2. The van der Waals surface area contributed by atoms with Gasteiger partial charge in [-0.05, 0) is 54.2 Å². The molecule has 1 aliphatic heterocycles. The average molecular weight is 442 g/mol. The molecule has 32 heavy (non-hydrogen) atoms. The van der Waals surface area contributed by atoms with Crippen molar-refractivity contribution in [2.24, 2.45) is 0 Å². The van der Waals surface area contributed by atoms with E-state index in [-0.39, 0.29) is 12.1 Å². The average Bonchev–Trinajstić information content (AvgIpc) is 3.46. The summed E-state index contributed by atoms with van der Waals surface area (Å²) in [7, 11) is 1.67. The molecular formula is C26H23N3O2S. The van der Waals surface area contributed by atoms with Crippen molar-refractivity contribution >= 4 is 17.3 Å². The van der Waals surface area contributed by atoms with Crippen LogP contribution in [0.2, 0.25) is 0 Å². The van der Waals surface area contributed by atoms with Crippen molar-refractivity contribution in [3.63, 3.8) is 0 Å². The Bertz CT molecular complexity index is 1190. The maximum absolute atomic E-state index is 6.37. The van der Waals surface area contributed by atoms with E-state index in [0.717, 1.165) is 34.1 Å². The van der Waals surface area contributed by atoms with Gasteiger partial charge in [0.05, 0.1) is 18.8 Å². The third-order valence-electron chi connectivity index (χ3n) is 5.69. The standard InChI is InChI=1S/C26H23N3O2S/c1-30-20-12-10-18(11-13-20)17-29-25(24(28-26(29)32)21-9-5-6-16-27-21)23-15-14-22(31-23)19-7-3-2-4-8-19/h2-16,24-25H,17H2,1H3,(H,28,32). The van der Waals surface area contributed by atoms with Gasteiger partial charge >= 0.3 is 0 Å². The molecule has 1 fully saturated rings. The molecule has 2 atom stereocenters. The van der Waals surface area contributed by atoms with Gasteiger partial charge in [0, 0.05) is 18.3 Å². The van der Waals surface area contributed by atoms with Crippen LogP contribution >= 0.6 is 12.2 Å². The molecule has 1 N–H and O–H groups in total. The highest BCUT2D eigenvalue weighted by Gasteiger charge is 2.41. The van der Waals surface area contributed by atoms with Crippen molar-refractivity contribution in [2.75, 3.05) is 7.11 Å². The molecule has 4 aromatic rings. The van der Waals surface area contributed by atoms with Gasteiger partial charge in [-0.15, -0.1) is 0 Å². The minimum absolute atomic E-state index is 0.114. The molecule has 0 spiro atoms. The first-order chi connectivity index (χ1) is 15.7. The van der Waals surface area contributed by atoms with Crippen LogP contribution in [0.5, 0.6) is 5.75 Å². The largest absolute Gasteiger partial charge is 0.497 e. The molecule has 0 saturated carbocycles. The van der Waals surface area contributed by atoms with Crippen LogP contribution in [0.25, 0.3) is 11.3 Å². The zero-order valence-electron chi connectivity index (χ0n) is 17.6. The summed E-state index contributed by atoms with van der Waals surface area (Å²) >= 11 is 5.76. The second kappa shape index (κ2) is 8.85. The molecule has 2 unspecified atom stereocenters. The first-order valence-corrected chi connectivity index (χ1v) is 10.9.